The molecule has 56 valence electrons. The molecule has 0 nitrogen and oxygen atoms in total. The maximum atomic E-state index is 4.04. The number of hydrogen-bond donors (Lipinski definition) is 0. The molecule has 0 aromatic rings. The summed E-state index contributed by atoms with van der Waals surface area (Å²) >= 11 is 0. The van der Waals surface area contributed by atoms with E-state index in [1.807, 2.05) is 0 Å². The van der Waals surface area contributed by atoms with Crippen LogP contribution in [0.5, 0.6) is 0 Å². The molecule has 0 N–H and O–H groups in total. The highest BCUT2D eigenvalue weighted by molar-refractivity contribution is 5.47. The fraction of sp³-hybridized carbons (Fsp3) is 0.818. The third-order valence-electron chi connectivity index (χ3n) is 6.20. The number of rotatable bonds is 1. The summed E-state index contributed by atoms with van der Waals surface area (Å²) in [5, 5.41) is 0. The summed E-state index contributed by atoms with van der Waals surface area (Å²) in [5.41, 5.74) is 0.757. The van der Waals surface area contributed by atoms with Crippen LogP contribution in [-0.2, 0) is 0 Å². The topological polar surface area (TPSA) is 0 Å². The lowest BCUT2D eigenvalue weighted by Crippen LogP contribution is -2.88. The highest BCUT2D eigenvalue weighted by Gasteiger charge is 2.96. The Kier molecular flexibility index (Phi) is 0.384. The fourth-order valence-electron chi connectivity index (χ4n) is 6.39. The van der Waals surface area contributed by atoms with E-state index in [0.29, 0.717) is 0 Å². The lowest BCUT2D eigenvalue weighted by Gasteiger charge is -2.90. The van der Waals surface area contributed by atoms with Crippen LogP contribution < -0.4 is 0 Å². The standard InChI is InChI=1S/C11H12/c1-2-11-8-5-3-4-6(8)10(11)7(4)9(5)11/h2,4-10H,1,3H2. The van der Waals surface area contributed by atoms with E-state index in [9.17, 15) is 0 Å². The smallest absolute Gasteiger partial charge is 0.00193 e. The maximum Gasteiger partial charge on any atom is -0.00193 e. The summed E-state index contributed by atoms with van der Waals surface area (Å²) in [5.74, 6) is 8.33. The average molecular weight is 144 g/mol. The first-order valence-electron chi connectivity index (χ1n) is 5.05. The molecule has 6 saturated carbocycles. The summed E-state index contributed by atoms with van der Waals surface area (Å²) in [6.07, 6.45) is 3.95. The molecule has 6 aliphatic rings. The van der Waals surface area contributed by atoms with E-state index in [0.717, 1.165) is 17.3 Å². The van der Waals surface area contributed by atoms with Crippen LogP contribution in [0.1, 0.15) is 6.42 Å². The Morgan fingerprint density at radius 3 is 2.36 bits per heavy atom. The van der Waals surface area contributed by atoms with Crippen LogP contribution in [0.25, 0.3) is 0 Å². The Balaban J connectivity index is 1.84. The van der Waals surface area contributed by atoms with Gasteiger partial charge in [0.15, 0.2) is 0 Å². The Labute approximate surface area is 66.7 Å². The molecule has 0 heterocycles. The molecule has 6 fully saturated rings. The van der Waals surface area contributed by atoms with Gasteiger partial charge in [-0.05, 0) is 53.3 Å². The van der Waals surface area contributed by atoms with Crippen molar-refractivity contribution in [1.82, 2.24) is 0 Å². The summed E-state index contributed by atoms with van der Waals surface area (Å²) in [4.78, 5) is 0. The molecule has 0 aliphatic heterocycles. The Bertz CT molecular complexity index is 279. The second-order valence-electron chi connectivity index (χ2n) is 5.50. The predicted molar refractivity (Wildman–Crippen MR) is 41.7 cm³/mol. The first kappa shape index (κ1) is 4.69. The van der Waals surface area contributed by atoms with Gasteiger partial charge >= 0.3 is 0 Å². The van der Waals surface area contributed by atoms with Gasteiger partial charge in [-0.25, -0.2) is 0 Å². The van der Waals surface area contributed by atoms with E-state index in [1.165, 1.54) is 29.6 Å². The average Bonchev–Trinajstić information content (AvgIpc) is 2.27. The van der Waals surface area contributed by atoms with Gasteiger partial charge < -0.3 is 0 Å². The molecule has 6 rings (SSSR count). The molecular weight excluding hydrogens is 132 g/mol. The minimum Gasteiger partial charge on any atom is -0.102 e. The third-order valence-corrected chi connectivity index (χ3v) is 6.20. The molecule has 4 unspecified atom stereocenters. The van der Waals surface area contributed by atoms with Gasteiger partial charge in [-0.1, -0.05) is 6.08 Å². The highest BCUT2D eigenvalue weighted by atomic mass is 15.0. The molecule has 11 heavy (non-hydrogen) atoms. The summed E-state index contributed by atoms with van der Waals surface area (Å²) in [6.45, 7) is 4.04. The molecule has 0 heteroatoms. The van der Waals surface area contributed by atoms with E-state index < -0.39 is 0 Å². The van der Waals surface area contributed by atoms with Crippen molar-refractivity contribution in [2.75, 3.05) is 0 Å². The van der Waals surface area contributed by atoms with Crippen LogP contribution in [-0.4, -0.2) is 0 Å². The van der Waals surface area contributed by atoms with E-state index in [1.54, 1.807) is 6.42 Å². The van der Waals surface area contributed by atoms with Crippen LogP contribution in [0.4, 0.5) is 0 Å². The van der Waals surface area contributed by atoms with E-state index >= 15 is 0 Å². The molecule has 0 aromatic carbocycles. The van der Waals surface area contributed by atoms with Gasteiger partial charge in [0, 0.05) is 0 Å². The normalized spacial score (nSPS) is 89.3. The molecular formula is C11H12. The quantitative estimate of drug-likeness (QED) is 0.493. The number of hydrogen-bond acceptors (Lipinski definition) is 0. The van der Waals surface area contributed by atoms with Crippen LogP contribution >= 0.6 is 0 Å². The SMILES string of the molecule is C=CC12C3C4CC5C3C1C5C42. The molecule has 0 aromatic heterocycles. The summed E-state index contributed by atoms with van der Waals surface area (Å²) < 4.78 is 0. The Morgan fingerprint density at radius 2 is 1.82 bits per heavy atom. The van der Waals surface area contributed by atoms with E-state index in [4.69, 9.17) is 0 Å². The van der Waals surface area contributed by atoms with Crippen molar-refractivity contribution in [2.24, 2.45) is 46.8 Å². The van der Waals surface area contributed by atoms with Gasteiger partial charge in [-0.2, -0.15) is 0 Å². The molecule has 6 aliphatic carbocycles. The van der Waals surface area contributed by atoms with Gasteiger partial charge in [-0.15, -0.1) is 6.58 Å². The van der Waals surface area contributed by atoms with E-state index in [2.05, 4.69) is 12.7 Å². The molecule has 4 atom stereocenters. The summed E-state index contributed by atoms with van der Waals surface area (Å²) in [7, 11) is 0. The first-order chi connectivity index (χ1) is 5.41. The molecule has 2 bridgehead atoms. The first-order valence-corrected chi connectivity index (χ1v) is 5.05. The fourth-order valence-corrected chi connectivity index (χ4v) is 6.39. The van der Waals surface area contributed by atoms with Gasteiger partial charge in [-0.3, -0.25) is 0 Å². The Morgan fingerprint density at radius 1 is 1.09 bits per heavy atom. The van der Waals surface area contributed by atoms with Gasteiger partial charge in [0.25, 0.3) is 0 Å². The second kappa shape index (κ2) is 0.901. The highest BCUT2D eigenvalue weighted by Crippen LogP contribution is 3.00. The van der Waals surface area contributed by atoms with E-state index in [-0.39, 0.29) is 0 Å². The Hall–Kier alpha value is -0.260. The maximum absolute atomic E-state index is 4.04. The molecule has 0 saturated heterocycles. The van der Waals surface area contributed by atoms with Gasteiger partial charge in [0.05, 0.1) is 0 Å². The van der Waals surface area contributed by atoms with Crippen LogP contribution in [0.15, 0.2) is 12.7 Å². The monoisotopic (exact) mass is 144 g/mol. The molecule has 0 amide bonds. The zero-order chi connectivity index (χ0) is 6.96. The summed E-state index contributed by atoms with van der Waals surface area (Å²) in [6, 6.07) is 0. The zero-order valence-electron chi connectivity index (χ0n) is 6.53. The predicted octanol–water partition coefficient (Wildman–Crippen LogP) is 1.93. The zero-order valence-corrected chi connectivity index (χ0v) is 6.53. The van der Waals surface area contributed by atoms with Crippen LogP contribution in [0.2, 0.25) is 0 Å². The van der Waals surface area contributed by atoms with Crippen molar-refractivity contribution in [3.8, 4) is 0 Å². The minimum atomic E-state index is 0.757. The lowest BCUT2D eigenvalue weighted by molar-refractivity contribution is -0.425. The van der Waals surface area contributed by atoms with Crippen molar-refractivity contribution in [1.29, 1.82) is 0 Å². The number of allylic oxidation sites excluding steroid dienone is 1. The van der Waals surface area contributed by atoms with Crippen molar-refractivity contribution in [3.63, 3.8) is 0 Å². The van der Waals surface area contributed by atoms with Crippen LogP contribution in [0, 0.1) is 46.8 Å². The van der Waals surface area contributed by atoms with Crippen molar-refractivity contribution >= 4 is 0 Å². The lowest BCUT2D eigenvalue weighted by atomic mass is 9.13. The van der Waals surface area contributed by atoms with Gasteiger partial charge in [0.2, 0.25) is 0 Å². The third kappa shape index (κ3) is 0.181. The minimum absolute atomic E-state index is 0.757. The van der Waals surface area contributed by atoms with Crippen LogP contribution in [0.3, 0.4) is 0 Å². The second-order valence-corrected chi connectivity index (χ2v) is 5.50. The van der Waals surface area contributed by atoms with Crippen molar-refractivity contribution in [2.45, 2.75) is 6.42 Å². The molecule has 0 radical (unpaired) electrons. The van der Waals surface area contributed by atoms with Crippen molar-refractivity contribution in [3.05, 3.63) is 12.7 Å². The van der Waals surface area contributed by atoms with Gasteiger partial charge in [0.1, 0.15) is 0 Å². The van der Waals surface area contributed by atoms with Crippen molar-refractivity contribution < 1.29 is 0 Å². The molecule has 0 spiro atoms. The largest absolute Gasteiger partial charge is 0.102 e.